The summed E-state index contributed by atoms with van der Waals surface area (Å²) in [6, 6.07) is 9.20. The molecule has 2 aliphatic heterocycles. The second-order valence-corrected chi connectivity index (χ2v) is 17.8. The molecule has 4 aliphatic rings. The Labute approximate surface area is 346 Å². The van der Waals surface area contributed by atoms with E-state index in [4.69, 9.17) is 5.73 Å². The highest BCUT2D eigenvalue weighted by Crippen LogP contribution is 2.35. The highest BCUT2D eigenvalue weighted by Gasteiger charge is 2.39. The molecule has 14 nitrogen and oxygen atoms in total. The van der Waals surface area contributed by atoms with Crippen LogP contribution in [0.5, 0.6) is 0 Å². The standard InChI is InChI=1S/C43H62N10O4S/c44-43(17-24-52(25-18-43)38-35-16-22-45-37(35)48-29-49-38)42(57)47-20-8-21-50-58-26-5-4-19-46-40(55)36(30-9-2-1-3-10-30)51-39(54)33-12-6-11-32(27-33)34-13-7-23-53(28-34)41(56)31-14-15-31/h6,11-12,16,22,27,29-31,34,36,50H,1-5,7-10,13-15,17-21,23-26,28,44H2,(H,46,55)(H,47,57)(H,51,54)(H,45,48,49). The Bertz CT molecular complexity index is 1850. The fourth-order valence-electron chi connectivity index (χ4n) is 8.82. The van der Waals surface area contributed by atoms with Gasteiger partial charge in [0.15, 0.2) is 0 Å². The van der Waals surface area contributed by atoms with Crippen LogP contribution in [0.15, 0.2) is 42.9 Å². The zero-order valence-electron chi connectivity index (χ0n) is 33.8. The zero-order valence-corrected chi connectivity index (χ0v) is 34.6. The van der Waals surface area contributed by atoms with Gasteiger partial charge in [0.1, 0.15) is 23.8 Å². The van der Waals surface area contributed by atoms with Gasteiger partial charge in [-0.05, 0) is 100 Å². The number of carbonyl (C=O) groups excluding carboxylic acids is 4. The summed E-state index contributed by atoms with van der Waals surface area (Å²) in [4.78, 5) is 69.0. The third kappa shape index (κ3) is 10.9. The summed E-state index contributed by atoms with van der Waals surface area (Å²) in [5.74, 6) is 2.22. The van der Waals surface area contributed by atoms with Crippen LogP contribution >= 0.6 is 11.9 Å². The monoisotopic (exact) mass is 814 g/mol. The topological polar surface area (TPSA) is 190 Å². The van der Waals surface area contributed by atoms with Crippen LogP contribution in [0, 0.1) is 11.8 Å². The first-order valence-corrected chi connectivity index (χ1v) is 22.7. The molecular formula is C43H62N10O4S. The van der Waals surface area contributed by atoms with Crippen molar-refractivity contribution in [3.05, 3.63) is 54.0 Å². The minimum absolute atomic E-state index is 0.0967. The molecule has 3 aromatic rings. The molecule has 7 rings (SSSR count). The number of anilines is 1. The van der Waals surface area contributed by atoms with Gasteiger partial charge in [-0.25, -0.2) is 9.97 Å². The molecule has 4 amide bonds. The van der Waals surface area contributed by atoms with Gasteiger partial charge in [0.2, 0.25) is 17.7 Å². The fraction of sp³-hybridized carbons (Fsp3) is 0.628. The van der Waals surface area contributed by atoms with Gasteiger partial charge in [-0.15, -0.1) is 0 Å². The smallest absolute Gasteiger partial charge is 0.251 e. The summed E-state index contributed by atoms with van der Waals surface area (Å²) in [7, 11) is 0. The Morgan fingerprint density at radius 3 is 2.52 bits per heavy atom. The number of aromatic amines is 1. The van der Waals surface area contributed by atoms with Gasteiger partial charge >= 0.3 is 0 Å². The van der Waals surface area contributed by atoms with E-state index >= 15 is 0 Å². The van der Waals surface area contributed by atoms with Crippen molar-refractivity contribution in [1.82, 2.24) is 40.5 Å². The minimum atomic E-state index is -0.886. The molecule has 7 N–H and O–H groups in total. The predicted molar refractivity (Wildman–Crippen MR) is 228 cm³/mol. The number of hydrogen-bond acceptors (Lipinski definition) is 10. The molecule has 0 spiro atoms. The third-order valence-electron chi connectivity index (χ3n) is 12.5. The number of unbranched alkanes of at least 4 members (excludes halogenated alkanes) is 1. The number of amides is 4. The molecule has 0 radical (unpaired) electrons. The minimum Gasteiger partial charge on any atom is -0.356 e. The lowest BCUT2D eigenvalue weighted by Crippen LogP contribution is -2.59. The van der Waals surface area contributed by atoms with E-state index < -0.39 is 11.6 Å². The van der Waals surface area contributed by atoms with E-state index in [9.17, 15) is 19.2 Å². The van der Waals surface area contributed by atoms with E-state index in [0.29, 0.717) is 57.0 Å². The average molecular weight is 815 g/mol. The van der Waals surface area contributed by atoms with E-state index in [0.717, 1.165) is 112 Å². The molecule has 4 fully saturated rings. The van der Waals surface area contributed by atoms with Crippen LogP contribution < -0.4 is 31.3 Å². The third-order valence-corrected chi connectivity index (χ3v) is 13.4. The molecule has 4 heterocycles. The summed E-state index contributed by atoms with van der Waals surface area (Å²) in [6.07, 6.45) is 16.3. The number of nitrogens with one attached hydrogen (secondary N) is 5. The van der Waals surface area contributed by atoms with Crippen molar-refractivity contribution in [3.8, 4) is 0 Å². The van der Waals surface area contributed by atoms with Gasteiger partial charge in [-0.1, -0.05) is 43.3 Å². The van der Waals surface area contributed by atoms with Gasteiger partial charge in [-0.2, -0.15) is 0 Å². The summed E-state index contributed by atoms with van der Waals surface area (Å²) in [5, 5.41) is 10.3. The van der Waals surface area contributed by atoms with Gasteiger partial charge in [-0.3, -0.25) is 23.9 Å². The van der Waals surface area contributed by atoms with E-state index in [-0.39, 0.29) is 35.5 Å². The normalized spacial score (nSPS) is 20.4. The number of aromatic nitrogens is 3. The molecule has 2 aromatic heterocycles. The summed E-state index contributed by atoms with van der Waals surface area (Å²) in [6.45, 7) is 4.73. The molecule has 2 atom stereocenters. The maximum absolute atomic E-state index is 13.7. The molecule has 2 saturated heterocycles. The van der Waals surface area contributed by atoms with Crippen LogP contribution in [0.25, 0.3) is 11.0 Å². The van der Waals surface area contributed by atoms with Crippen molar-refractivity contribution in [2.24, 2.45) is 17.6 Å². The number of carbonyl (C=O) groups is 4. The van der Waals surface area contributed by atoms with Crippen molar-refractivity contribution in [1.29, 1.82) is 0 Å². The predicted octanol–water partition coefficient (Wildman–Crippen LogP) is 4.39. The fourth-order valence-corrected chi connectivity index (χ4v) is 9.60. The molecule has 2 saturated carbocycles. The van der Waals surface area contributed by atoms with Crippen molar-refractivity contribution < 1.29 is 19.2 Å². The van der Waals surface area contributed by atoms with Gasteiger partial charge < -0.3 is 36.5 Å². The number of likely N-dealkylation sites (tertiary alicyclic amines) is 1. The summed E-state index contributed by atoms with van der Waals surface area (Å²) >= 11 is 1.65. The molecule has 314 valence electrons. The highest BCUT2D eigenvalue weighted by molar-refractivity contribution is 7.97. The second kappa shape index (κ2) is 20.2. The zero-order chi connectivity index (χ0) is 40.3. The van der Waals surface area contributed by atoms with E-state index in [1.807, 2.05) is 35.4 Å². The van der Waals surface area contributed by atoms with Gasteiger partial charge in [0, 0.05) is 75.2 Å². The quantitative estimate of drug-likeness (QED) is 0.0794. The molecule has 2 unspecified atom stereocenters. The molecule has 15 heteroatoms. The maximum atomic E-state index is 13.7. The first-order valence-electron chi connectivity index (χ1n) is 21.7. The van der Waals surface area contributed by atoms with Crippen LogP contribution in [-0.2, 0) is 14.4 Å². The largest absolute Gasteiger partial charge is 0.356 e. The van der Waals surface area contributed by atoms with Crippen LogP contribution in [0.2, 0.25) is 0 Å². The number of nitrogens with two attached hydrogens (primary N) is 1. The van der Waals surface area contributed by atoms with Crippen molar-refractivity contribution in [3.63, 3.8) is 0 Å². The van der Waals surface area contributed by atoms with Crippen LogP contribution in [0.4, 0.5) is 5.82 Å². The Kier molecular flexibility index (Phi) is 14.6. The molecule has 0 bridgehead atoms. The molecule has 58 heavy (non-hydrogen) atoms. The van der Waals surface area contributed by atoms with Gasteiger partial charge in [0.25, 0.3) is 5.91 Å². The van der Waals surface area contributed by atoms with Crippen LogP contribution in [0.3, 0.4) is 0 Å². The summed E-state index contributed by atoms with van der Waals surface area (Å²) in [5.41, 5.74) is 8.14. The second-order valence-electron chi connectivity index (χ2n) is 16.8. The highest BCUT2D eigenvalue weighted by atomic mass is 32.2. The Hall–Kier alpha value is -4.21. The average Bonchev–Trinajstić information content (AvgIpc) is 4.00. The van der Waals surface area contributed by atoms with E-state index in [2.05, 4.69) is 46.6 Å². The van der Waals surface area contributed by atoms with E-state index in [1.54, 1.807) is 18.3 Å². The summed E-state index contributed by atoms with van der Waals surface area (Å²) < 4.78 is 3.38. The Morgan fingerprint density at radius 1 is 0.897 bits per heavy atom. The number of benzene rings is 1. The number of H-pyrrole nitrogens is 1. The lowest BCUT2D eigenvalue weighted by atomic mass is 9.83. The molecule has 1 aromatic carbocycles. The van der Waals surface area contributed by atoms with Crippen LogP contribution in [0.1, 0.15) is 112 Å². The van der Waals surface area contributed by atoms with Crippen molar-refractivity contribution in [2.45, 2.75) is 107 Å². The number of rotatable bonds is 18. The SMILES string of the molecule is NC1(C(=O)NCCCNSCCCCNC(=O)C(NC(=O)c2cccc(C3CCCN(C(=O)C4CC4)C3)c2)C2CCCCC2)CCN(c2ncnc3[nH]ccc23)CC1. The Morgan fingerprint density at radius 2 is 1.71 bits per heavy atom. The number of piperidine rings is 2. The first-order chi connectivity index (χ1) is 28.3. The van der Waals surface area contributed by atoms with Crippen molar-refractivity contribution in [2.75, 3.05) is 56.5 Å². The lowest BCUT2D eigenvalue weighted by Gasteiger charge is -2.38. The molecular weight excluding hydrogens is 753 g/mol. The molecule has 2 aliphatic carbocycles. The Balaban J connectivity index is 0.768. The number of hydrogen-bond donors (Lipinski definition) is 6. The number of fused-ring (bicyclic) bond motifs is 1. The first kappa shape index (κ1) is 41.9. The van der Waals surface area contributed by atoms with Crippen LogP contribution in [-0.4, -0.2) is 107 Å². The maximum Gasteiger partial charge on any atom is 0.251 e. The van der Waals surface area contributed by atoms with Crippen molar-refractivity contribution >= 4 is 52.4 Å². The van der Waals surface area contributed by atoms with Gasteiger partial charge in [0.05, 0.1) is 10.9 Å². The number of nitrogens with zero attached hydrogens (tertiary/aromatic N) is 4. The lowest BCUT2D eigenvalue weighted by molar-refractivity contribution is -0.133. The van der Waals surface area contributed by atoms with E-state index in [1.165, 1.54) is 6.42 Å².